The number of hydrogen-bond acceptors (Lipinski definition) is 6. The first kappa shape index (κ1) is 18.4. The molecule has 0 amide bonds. The highest BCUT2D eigenvalue weighted by Crippen LogP contribution is 2.29. The van der Waals surface area contributed by atoms with Crippen LogP contribution < -0.4 is 11.2 Å². The lowest BCUT2D eigenvalue weighted by Gasteiger charge is -2.17. The third-order valence-electron chi connectivity index (χ3n) is 4.24. The Balaban J connectivity index is 1.94. The molecule has 26 heavy (non-hydrogen) atoms. The number of hydrogen-bond donors (Lipinski definition) is 1. The molecule has 0 spiro atoms. The highest BCUT2D eigenvalue weighted by atomic mass is 19.1. The second kappa shape index (κ2) is 7.46. The van der Waals surface area contributed by atoms with Gasteiger partial charge >= 0.3 is 5.69 Å². The molecule has 1 fully saturated rings. The van der Waals surface area contributed by atoms with E-state index in [0.29, 0.717) is 5.69 Å². The van der Waals surface area contributed by atoms with Gasteiger partial charge in [0.1, 0.15) is 30.9 Å². The topological polar surface area (TPSA) is 104 Å². The van der Waals surface area contributed by atoms with Crippen molar-refractivity contribution in [3.63, 3.8) is 0 Å². The third-order valence-corrected chi connectivity index (χ3v) is 4.24. The largest absolute Gasteiger partial charge is 0.394 e. The zero-order chi connectivity index (χ0) is 18.8. The lowest BCUT2D eigenvalue weighted by Crippen LogP contribution is -2.42. The Hall–Kier alpha value is -2.40. The average Bonchev–Trinajstić information content (AvgIpc) is 3.21. The van der Waals surface area contributed by atoms with E-state index >= 15 is 0 Å². The van der Waals surface area contributed by atoms with Gasteiger partial charge in [0.25, 0.3) is 5.56 Å². The zero-order valence-electron chi connectivity index (χ0n) is 14.1. The van der Waals surface area contributed by atoms with Gasteiger partial charge in [-0.15, -0.1) is 5.10 Å². The minimum Gasteiger partial charge on any atom is -0.394 e. The summed E-state index contributed by atoms with van der Waals surface area (Å²) in [6.07, 6.45) is -0.661. The SMILES string of the molecule is Cc1cn([C@H]2CC(F)[C@@H](CO)O2)c(=O)n(Cc2cn(CC[18F])nn2)c1=O. The molecule has 0 bridgehead atoms. The number of aryl methyl sites for hydroxylation is 2. The second-order valence-electron chi connectivity index (χ2n) is 6.12. The first-order valence-corrected chi connectivity index (χ1v) is 8.12. The summed E-state index contributed by atoms with van der Waals surface area (Å²) in [4.78, 5) is 25.1. The number of rotatable bonds is 6. The van der Waals surface area contributed by atoms with E-state index in [-0.39, 0.29) is 25.1 Å². The van der Waals surface area contributed by atoms with Gasteiger partial charge in [-0.1, -0.05) is 5.21 Å². The molecule has 9 nitrogen and oxygen atoms in total. The minimum absolute atomic E-state index is 0.0241. The Morgan fingerprint density at radius 3 is 2.81 bits per heavy atom. The Morgan fingerprint density at radius 2 is 2.15 bits per heavy atom. The van der Waals surface area contributed by atoms with Crippen molar-refractivity contribution >= 4 is 0 Å². The number of nitrogens with zero attached hydrogens (tertiary/aromatic N) is 5. The van der Waals surface area contributed by atoms with Crippen LogP contribution in [-0.2, 0) is 17.8 Å². The molecule has 0 saturated carbocycles. The van der Waals surface area contributed by atoms with E-state index in [1.807, 2.05) is 0 Å². The number of aromatic nitrogens is 5. The summed E-state index contributed by atoms with van der Waals surface area (Å²) in [6.45, 7) is 0.287. The highest BCUT2D eigenvalue weighted by molar-refractivity contribution is 5.06. The fourth-order valence-corrected chi connectivity index (χ4v) is 2.90. The summed E-state index contributed by atoms with van der Waals surface area (Å²) in [6, 6.07) is 0. The molecule has 3 heterocycles. The molecule has 1 unspecified atom stereocenters. The number of alkyl halides is 2. The second-order valence-corrected chi connectivity index (χ2v) is 6.12. The third kappa shape index (κ3) is 3.44. The summed E-state index contributed by atoms with van der Waals surface area (Å²) in [5, 5.41) is 16.6. The molecule has 0 aliphatic carbocycles. The van der Waals surface area contributed by atoms with Gasteiger partial charge in [-0.3, -0.25) is 13.9 Å². The van der Waals surface area contributed by atoms with E-state index in [1.54, 1.807) is 0 Å². The van der Waals surface area contributed by atoms with Gasteiger partial charge in [-0.05, 0) is 6.92 Å². The Kier molecular flexibility index (Phi) is 5.28. The van der Waals surface area contributed by atoms with Crippen molar-refractivity contribution in [2.75, 3.05) is 13.3 Å². The monoisotopic (exact) mass is 370 g/mol. The first-order chi connectivity index (χ1) is 12.4. The molecule has 1 aliphatic rings. The molecule has 0 aromatic carbocycles. The van der Waals surface area contributed by atoms with E-state index in [4.69, 9.17) is 9.84 Å². The van der Waals surface area contributed by atoms with Crippen LogP contribution >= 0.6 is 0 Å². The predicted molar refractivity (Wildman–Crippen MR) is 85.3 cm³/mol. The average molecular weight is 370 g/mol. The Labute approximate surface area is 146 Å². The van der Waals surface area contributed by atoms with Gasteiger partial charge in [-0.25, -0.2) is 18.3 Å². The van der Waals surface area contributed by atoms with Crippen LogP contribution in [0.2, 0.25) is 0 Å². The van der Waals surface area contributed by atoms with Crippen molar-refractivity contribution < 1.29 is 18.6 Å². The minimum atomic E-state index is -1.40. The van der Waals surface area contributed by atoms with Crippen LogP contribution in [0.4, 0.5) is 8.78 Å². The van der Waals surface area contributed by atoms with Crippen molar-refractivity contribution in [3.05, 3.63) is 44.5 Å². The van der Waals surface area contributed by atoms with Crippen molar-refractivity contribution in [2.24, 2.45) is 0 Å². The predicted octanol–water partition coefficient (Wildman–Crippen LogP) is -0.454. The molecule has 1 saturated heterocycles. The molecular weight excluding hydrogens is 351 g/mol. The maximum Gasteiger partial charge on any atom is 0.333 e. The van der Waals surface area contributed by atoms with Gasteiger partial charge in [0.05, 0.1) is 25.9 Å². The van der Waals surface area contributed by atoms with E-state index in [1.165, 1.54) is 24.0 Å². The molecule has 1 aliphatic heterocycles. The Bertz CT molecular complexity index is 893. The standard InChI is InChI=1S/C15H19F2N5O4/c1-9-5-21(13-4-11(17)12(8-23)26-13)15(25)22(14(9)24)7-10-6-20(3-2-16)19-18-10/h5-6,11-13,23H,2-4,7-8H2,1H3/t11?,12-,13-/m1/s1/i16-1. The van der Waals surface area contributed by atoms with E-state index in [2.05, 4.69) is 10.3 Å². The fourth-order valence-electron chi connectivity index (χ4n) is 2.90. The van der Waals surface area contributed by atoms with E-state index in [0.717, 1.165) is 9.13 Å². The smallest absolute Gasteiger partial charge is 0.333 e. The maximum atomic E-state index is 13.8. The van der Waals surface area contributed by atoms with E-state index in [9.17, 15) is 18.4 Å². The van der Waals surface area contributed by atoms with Crippen molar-refractivity contribution in [1.29, 1.82) is 0 Å². The number of ether oxygens (including phenoxy) is 1. The molecular formula is C15H19F2N5O4. The van der Waals surface area contributed by atoms with Crippen LogP contribution in [0.3, 0.4) is 0 Å². The molecule has 3 rings (SSSR count). The lowest BCUT2D eigenvalue weighted by molar-refractivity contribution is -0.0361. The van der Waals surface area contributed by atoms with Crippen LogP contribution in [-0.4, -0.2) is 54.8 Å². The summed E-state index contributed by atoms with van der Waals surface area (Å²) in [5.74, 6) is 0. The molecule has 0 radical (unpaired) electrons. The molecule has 11 heteroatoms. The molecule has 3 atom stereocenters. The maximum absolute atomic E-state index is 13.8. The zero-order valence-corrected chi connectivity index (χ0v) is 14.1. The van der Waals surface area contributed by atoms with Crippen molar-refractivity contribution in [2.45, 2.75) is 44.9 Å². The Morgan fingerprint density at radius 1 is 1.38 bits per heavy atom. The summed E-state index contributed by atoms with van der Waals surface area (Å²) in [7, 11) is 0. The van der Waals surface area contributed by atoms with Gasteiger partial charge in [-0.2, -0.15) is 0 Å². The summed E-state index contributed by atoms with van der Waals surface area (Å²) in [5.41, 5.74) is -0.609. The number of halogens is 2. The van der Waals surface area contributed by atoms with Crippen LogP contribution in [0.1, 0.15) is 23.9 Å². The summed E-state index contributed by atoms with van der Waals surface area (Å²) >= 11 is 0. The van der Waals surface area contributed by atoms with Gasteiger partial charge < -0.3 is 9.84 Å². The normalized spacial score (nSPS) is 22.8. The van der Waals surface area contributed by atoms with Gasteiger partial charge in [0.2, 0.25) is 0 Å². The molecule has 2 aromatic heterocycles. The molecule has 2 aromatic rings. The first-order valence-electron chi connectivity index (χ1n) is 8.12. The highest BCUT2D eigenvalue weighted by Gasteiger charge is 2.36. The van der Waals surface area contributed by atoms with Crippen molar-refractivity contribution in [1.82, 2.24) is 24.1 Å². The van der Waals surface area contributed by atoms with Gasteiger partial charge in [0, 0.05) is 18.2 Å². The van der Waals surface area contributed by atoms with Crippen molar-refractivity contribution in [3.8, 4) is 0 Å². The molecule has 142 valence electrons. The van der Waals surface area contributed by atoms with Gasteiger partial charge in [0.15, 0.2) is 0 Å². The number of aliphatic hydroxyl groups excluding tert-OH is 1. The quantitative estimate of drug-likeness (QED) is 0.738. The molecule has 1 N–H and O–H groups in total. The van der Waals surface area contributed by atoms with Crippen LogP contribution in [0.15, 0.2) is 22.0 Å². The van der Waals surface area contributed by atoms with E-state index < -0.39 is 43.0 Å². The fraction of sp³-hybridized carbons (Fsp3) is 0.600. The van der Waals surface area contributed by atoms with Crippen LogP contribution in [0.25, 0.3) is 0 Å². The summed E-state index contributed by atoms with van der Waals surface area (Å²) < 4.78 is 34.9. The van der Waals surface area contributed by atoms with Crippen LogP contribution in [0, 0.1) is 6.92 Å². The lowest BCUT2D eigenvalue weighted by atomic mass is 10.2. The number of aliphatic hydroxyl groups is 1. The van der Waals surface area contributed by atoms with Crippen LogP contribution in [0.5, 0.6) is 0 Å².